The molecule has 2 N–H and O–H groups in total. The van der Waals surface area contributed by atoms with E-state index in [0.29, 0.717) is 0 Å². The van der Waals surface area contributed by atoms with Gasteiger partial charge >= 0.3 is 0 Å². The van der Waals surface area contributed by atoms with E-state index < -0.39 is 0 Å². The van der Waals surface area contributed by atoms with Gasteiger partial charge in [0, 0.05) is 17.8 Å². The lowest BCUT2D eigenvalue weighted by Gasteiger charge is -2.20. The van der Waals surface area contributed by atoms with Crippen LogP contribution in [0.25, 0.3) is 0 Å². The SMILES string of the molecule is CCNCc1c(C(C)Oc2ccc(C(C)(C)C)cc2)n[nH]c1C. The Labute approximate surface area is 139 Å². The van der Waals surface area contributed by atoms with Gasteiger partial charge in [-0.2, -0.15) is 5.10 Å². The molecule has 0 saturated heterocycles. The van der Waals surface area contributed by atoms with Crippen molar-refractivity contribution in [3.05, 3.63) is 46.8 Å². The molecule has 0 bridgehead atoms. The lowest BCUT2D eigenvalue weighted by molar-refractivity contribution is 0.220. The maximum atomic E-state index is 6.09. The lowest BCUT2D eigenvalue weighted by Crippen LogP contribution is -2.15. The number of aromatic nitrogens is 2. The van der Waals surface area contributed by atoms with Gasteiger partial charge in [0.15, 0.2) is 0 Å². The van der Waals surface area contributed by atoms with Crippen molar-refractivity contribution in [1.82, 2.24) is 15.5 Å². The van der Waals surface area contributed by atoms with E-state index in [9.17, 15) is 0 Å². The van der Waals surface area contributed by atoms with E-state index >= 15 is 0 Å². The molecule has 0 amide bonds. The van der Waals surface area contributed by atoms with Crippen molar-refractivity contribution in [1.29, 1.82) is 0 Å². The van der Waals surface area contributed by atoms with Crippen LogP contribution in [0.2, 0.25) is 0 Å². The van der Waals surface area contributed by atoms with Crippen LogP contribution in [0.3, 0.4) is 0 Å². The molecule has 0 fully saturated rings. The van der Waals surface area contributed by atoms with Crippen molar-refractivity contribution in [2.24, 2.45) is 0 Å². The third-order valence-corrected chi connectivity index (χ3v) is 4.08. The molecule has 1 heterocycles. The zero-order chi connectivity index (χ0) is 17.0. The standard InChI is InChI=1S/C19H29N3O/c1-7-20-12-17-13(2)21-22-18(17)14(3)23-16-10-8-15(9-11-16)19(4,5)6/h8-11,14,20H,7,12H2,1-6H3,(H,21,22). The molecule has 0 spiro atoms. The number of benzene rings is 1. The second-order valence-electron chi connectivity index (χ2n) is 7.03. The Balaban J connectivity index is 2.11. The number of H-pyrrole nitrogens is 1. The van der Waals surface area contributed by atoms with Gasteiger partial charge in [-0.05, 0) is 43.5 Å². The summed E-state index contributed by atoms with van der Waals surface area (Å²) >= 11 is 0. The Hall–Kier alpha value is -1.81. The second kappa shape index (κ2) is 7.18. The minimum atomic E-state index is -0.0888. The topological polar surface area (TPSA) is 49.9 Å². The number of rotatable bonds is 6. The Morgan fingerprint density at radius 3 is 2.43 bits per heavy atom. The minimum absolute atomic E-state index is 0.0888. The van der Waals surface area contributed by atoms with Crippen LogP contribution in [0.4, 0.5) is 0 Å². The van der Waals surface area contributed by atoms with Gasteiger partial charge in [0.2, 0.25) is 0 Å². The molecule has 126 valence electrons. The molecule has 0 aliphatic heterocycles. The highest BCUT2D eigenvalue weighted by atomic mass is 16.5. The molecule has 0 saturated carbocycles. The first-order valence-corrected chi connectivity index (χ1v) is 8.34. The molecule has 1 atom stereocenters. The van der Waals surface area contributed by atoms with E-state index in [2.05, 4.69) is 55.3 Å². The highest BCUT2D eigenvalue weighted by molar-refractivity contribution is 5.32. The molecule has 2 aromatic rings. The van der Waals surface area contributed by atoms with E-state index in [1.165, 1.54) is 11.1 Å². The summed E-state index contributed by atoms with van der Waals surface area (Å²) in [5.74, 6) is 0.876. The van der Waals surface area contributed by atoms with Crippen molar-refractivity contribution in [3.8, 4) is 5.75 Å². The van der Waals surface area contributed by atoms with Gasteiger partial charge in [0.25, 0.3) is 0 Å². The molecular weight excluding hydrogens is 286 g/mol. The van der Waals surface area contributed by atoms with Crippen LogP contribution in [0, 0.1) is 6.92 Å². The fourth-order valence-electron chi connectivity index (χ4n) is 2.57. The maximum absolute atomic E-state index is 6.09. The predicted octanol–water partition coefficient (Wildman–Crippen LogP) is 4.27. The molecule has 4 nitrogen and oxygen atoms in total. The van der Waals surface area contributed by atoms with Crippen molar-refractivity contribution in [2.75, 3.05) is 6.54 Å². The quantitative estimate of drug-likeness (QED) is 0.837. The largest absolute Gasteiger partial charge is 0.484 e. The average molecular weight is 315 g/mol. The highest BCUT2D eigenvalue weighted by Crippen LogP contribution is 2.27. The van der Waals surface area contributed by atoms with Crippen molar-refractivity contribution in [3.63, 3.8) is 0 Å². The van der Waals surface area contributed by atoms with Gasteiger partial charge in [-0.15, -0.1) is 0 Å². The van der Waals surface area contributed by atoms with Gasteiger partial charge in [-0.1, -0.05) is 39.8 Å². The summed E-state index contributed by atoms with van der Waals surface area (Å²) in [7, 11) is 0. The van der Waals surface area contributed by atoms with Crippen molar-refractivity contribution >= 4 is 0 Å². The van der Waals surface area contributed by atoms with Crippen LogP contribution in [0.1, 0.15) is 63.2 Å². The second-order valence-corrected chi connectivity index (χ2v) is 7.03. The van der Waals surface area contributed by atoms with Gasteiger partial charge in [-0.25, -0.2) is 0 Å². The van der Waals surface area contributed by atoms with Crippen LogP contribution in [-0.2, 0) is 12.0 Å². The van der Waals surface area contributed by atoms with Gasteiger partial charge in [0.1, 0.15) is 17.5 Å². The Morgan fingerprint density at radius 2 is 1.87 bits per heavy atom. The molecule has 4 heteroatoms. The first-order chi connectivity index (χ1) is 10.8. The molecular formula is C19H29N3O. The number of nitrogens with one attached hydrogen (secondary N) is 2. The summed E-state index contributed by atoms with van der Waals surface area (Å²) in [6, 6.07) is 8.36. The minimum Gasteiger partial charge on any atom is -0.484 e. The Bertz CT molecular complexity index is 623. The highest BCUT2D eigenvalue weighted by Gasteiger charge is 2.18. The van der Waals surface area contributed by atoms with E-state index in [4.69, 9.17) is 4.74 Å². The van der Waals surface area contributed by atoms with E-state index in [1.807, 2.05) is 26.0 Å². The average Bonchev–Trinajstić information content (AvgIpc) is 2.86. The smallest absolute Gasteiger partial charge is 0.140 e. The summed E-state index contributed by atoms with van der Waals surface area (Å²) in [6.07, 6.45) is -0.0888. The summed E-state index contributed by atoms with van der Waals surface area (Å²) in [4.78, 5) is 0. The fraction of sp³-hybridized carbons (Fsp3) is 0.526. The van der Waals surface area contributed by atoms with Crippen molar-refractivity contribution in [2.45, 2.75) is 59.6 Å². The van der Waals surface area contributed by atoms with E-state index in [1.54, 1.807) is 0 Å². The molecule has 1 aromatic heterocycles. The van der Waals surface area contributed by atoms with Crippen LogP contribution in [0.15, 0.2) is 24.3 Å². The van der Waals surface area contributed by atoms with Gasteiger partial charge in [-0.3, -0.25) is 5.10 Å². The predicted molar refractivity (Wildman–Crippen MR) is 94.9 cm³/mol. The van der Waals surface area contributed by atoms with Crippen LogP contribution in [0.5, 0.6) is 5.75 Å². The molecule has 0 radical (unpaired) electrons. The first-order valence-electron chi connectivity index (χ1n) is 8.34. The molecule has 2 rings (SSSR count). The monoisotopic (exact) mass is 315 g/mol. The Kier molecular flexibility index (Phi) is 5.47. The third kappa shape index (κ3) is 4.35. The molecule has 23 heavy (non-hydrogen) atoms. The Morgan fingerprint density at radius 1 is 1.22 bits per heavy atom. The zero-order valence-corrected chi connectivity index (χ0v) is 15.2. The summed E-state index contributed by atoms with van der Waals surface area (Å²) in [5, 5.41) is 10.9. The molecule has 1 unspecified atom stereocenters. The number of aryl methyl sites for hydroxylation is 1. The summed E-state index contributed by atoms with van der Waals surface area (Å²) in [6.45, 7) is 14.6. The lowest BCUT2D eigenvalue weighted by atomic mass is 9.87. The number of ether oxygens (including phenoxy) is 1. The summed E-state index contributed by atoms with van der Waals surface area (Å²) < 4.78 is 6.09. The van der Waals surface area contributed by atoms with Gasteiger partial charge < -0.3 is 10.1 Å². The van der Waals surface area contributed by atoms with Crippen LogP contribution in [-0.4, -0.2) is 16.7 Å². The third-order valence-electron chi connectivity index (χ3n) is 4.08. The van der Waals surface area contributed by atoms with Gasteiger partial charge in [0.05, 0.1) is 0 Å². The molecule has 0 aliphatic rings. The molecule has 0 aliphatic carbocycles. The maximum Gasteiger partial charge on any atom is 0.140 e. The normalized spacial score (nSPS) is 13.1. The number of aromatic amines is 1. The zero-order valence-electron chi connectivity index (χ0n) is 15.2. The van der Waals surface area contributed by atoms with Crippen LogP contribution < -0.4 is 10.1 Å². The van der Waals surface area contributed by atoms with E-state index in [0.717, 1.165) is 30.2 Å². The van der Waals surface area contributed by atoms with E-state index in [-0.39, 0.29) is 11.5 Å². The molecule has 1 aromatic carbocycles. The number of hydrogen-bond acceptors (Lipinski definition) is 3. The number of hydrogen-bond donors (Lipinski definition) is 2. The number of nitrogens with zero attached hydrogens (tertiary/aromatic N) is 1. The first kappa shape index (κ1) is 17.5. The fourth-order valence-corrected chi connectivity index (χ4v) is 2.57. The van der Waals surface area contributed by atoms with Crippen LogP contribution >= 0.6 is 0 Å². The summed E-state index contributed by atoms with van der Waals surface area (Å²) in [5.41, 5.74) is 4.73. The van der Waals surface area contributed by atoms with Crippen molar-refractivity contribution < 1.29 is 4.74 Å².